The van der Waals surface area contributed by atoms with Gasteiger partial charge in [-0.2, -0.15) is 0 Å². The van der Waals surface area contributed by atoms with Gasteiger partial charge in [0.2, 0.25) is 0 Å². The zero-order chi connectivity index (χ0) is 9.52. The molecule has 0 amide bonds. The molecule has 2 heteroatoms. The van der Waals surface area contributed by atoms with Crippen molar-refractivity contribution in [1.29, 1.82) is 0 Å². The van der Waals surface area contributed by atoms with Crippen LogP contribution in [-0.4, -0.2) is 23.9 Å². The van der Waals surface area contributed by atoms with E-state index in [9.17, 15) is 5.11 Å². The molecule has 2 nitrogen and oxygen atoms in total. The number of allylic oxidation sites excluding steroid dienone is 1. The molecule has 1 aliphatic rings. The Hall–Kier alpha value is -0.340. The molecule has 0 radical (unpaired) electrons. The minimum absolute atomic E-state index is 0.178. The molecule has 0 saturated carbocycles. The largest absolute Gasteiger partial charge is 0.393 e. The van der Waals surface area contributed by atoms with Crippen molar-refractivity contribution in [2.45, 2.75) is 50.7 Å². The van der Waals surface area contributed by atoms with E-state index in [1.807, 2.05) is 6.08 Å². The number of aliphatic hydroxyl groups is 1. The third-order valence-electron chi connectivity index (χ3n) is 2.50. The van der Waals surface area contributed by atoms with E-state index < -0.39 is 0 Å². The first kappa shape index (κ1) is 10.7. The van der Waals surface area contributed by atoms with Crippen LogP contribution >= 0.6 is 0 Å². The van der Waals surface area contributed by atoms with E-state index in [-0.39, 0.29) is 6.10 Å². The van der Waals surface area contributed by atoms with Gasteiger partial charge < -0.3 is 9.84 Å². The van der Waals surface area contributed by atoms with Crippen LogP contribution in [-0.2, 0) is 4.74 Å². The van der Waals surface area contributed by atoms with Crippen LogP contribution in [0.25, 0.3) is 0 Å². The minimum atomic E-state index is -0.178. The van der Waals surface area contributed by atoms with Gasteiger partial charge in [-0.25, -0.2) is 0 Å². The van der Waals surface area contributed by atoms with E-state index in [2.05, 4.69) is 6.58 Å². The Morgan fingerprint density at radius 3 is 3.08 bits per heavy atom. The lowest BCUT2D eigenvalue weighted by molar-refractivity contribution is 0.0500. The molecule has 1 N–H and O–H groups in total. The summed E-state index contributed by atoms with van der Waals surface area (Å²) in [6.45, 7) is 4.53. The fourth-order valence-corrected chi connectivity index (χ4v) is 1.75. The molecule has 0 bridgehead atoms. The van der Waals surface area contributed by atoms with Gasteiger partial charge in [0.05, 0.1) is 12.2 Å². The van der Waals surface area contributed by atoms with Crippen LogP contribution in [0.3, 0.4) is 0 Å². The van der Waals surface area contributed by atoms with E-state index in [1.165, 1.54) is 0 Å². The maximum atomic E-state index is 9.62. The molecular weight excluding hydrogens is 164 g/mol. The molecule has 1 rings (SSSR count). The SMILES string of the molecule is C=CCCCC(O)CC1CCCO1. The summed E-state index contributed by atoms with van der Waals surface area (Å²) in [7, 11) is 0. The fraction of sp³-hybridized carbons (Fsp3) is 0.818. The molecule has 1 aliphatic heterocycles. The number of ether oxygens (including phenoxy) is 1. The highest BCUT2D eigenvalue weighted by Crippen LogP contribution is 2.18. The summed E-state index contributed by atoms with van der Waals surface area (Å²) >= 11 is 0. The lowest BCUT2D eigenvalue weighted by Crippen LogP contribution is -2.16. The average Bonchev–Trinajstić information content (AvgIpc) is 2.57. The molecular formula is C11H20O2. The van der Waals surface area contributed by atoms with Gasteiger partial charge in [-0.05, 0) is 38.5 Å². The van der Waals surface area contributed by atoms with Crippen LogP contribution in [0.4, 0.5) is 0 Å². The minimum Gasteiger partial charge on any atom is -0.393 e. The molecule has 1 heterocycles. The molecule has 0 spiro atoms. The van der Waals surface area contributed by atoms with Crippen molar-refractivity contribution in [3.63, 3.8) is 0 Å². The monoisotopic (exact) mass is 184 g/mol. The molecule has 0 aromatic rings. The fourth-order valence-electron chi connectivity index (χ4n) is 1.75. The second-order valence-corrected chi connectivity index (χ2v) is 3.74. The van der Waals surface area contributed by atoms with E-state index in [0.29, 0.717) is 6.10 Å². The van der Waals surface area contributed by atoms with Crippen LogP contribution in [0.1, 0.15) is 38.5 Å². The number of unbranched alkanes of at least 4 members (excludes halogenated alkanes) is 1. The highest BCUT2D eigenvalue weighted by atomic mass is 16.5. The summed E-state index contributed by atoms with van der Waals surface area (Å²) in [5.41, 5.74) is 0. The molecule has 1 fully saturated rings. The second kappa shape index (κ2) is 6.17. The average molecular weight is 184 g/mol. The van der Waals surface area contributed by atoms with E-state index in [4.69, 9.17) is 4.74 Å². The van der Waals surface area contributed by atoms with Crippen molar-refractivity contribution in [3.8, 4) is 0 Å². The van der Waals surface area contributed by atoms with Crippen molar-refractivity contribution < 1.29 is 9.84 Å². The lowest BCUT2D eigenvalue weighted by atomic mass is 10.0. The molecule has 2 unspecified atom stereocenters. The van der Waals surface area contributed by atoms with Crippen molar-refractivity contribution >= 4 is 0 Å². The van der Waals surface area contributed by atoms with Crippen LogP contribution in [0, 0.1) is 0 Å². The standard InChI is InChI=1S/C11H20O2/c1-2-3-4-6-10(12)9-11-7-5-8-13-11/h2,10-12H,1,3-9H2. The maximum absolute atomic E-state index is 9.62. The zero-order valence-corrected chi connectivity index (χ0v) is 8.24. The molecule has 0 aromatic carbocycles. The third kappa shape index (κ3) is 4.44. The zero-order valence-electron chi connectivity index (χ0n) is 8.24. The molecule has 76 valence electrons. The van der Waals surface area contributed by atoms with E-state index in [1.54, 1.807) is 0 Å². The highest BCUT2D eigenvalue weighted by molar-refractivity contribution is 4.72. The topological polar surface area (TPSA) is 29.5 Å². The summed E-state index contributed by atoms with van der Waals surface area (Å²) in [6.07, 6.45) is 8.06. The quantitative estimate of drug-likeness (QED) is 0.507. The van der Waals surface area contributed by atoms with Crippen molar-refractivity contribution in [1.82, 2.24) is 0 Å². The van der Waals surface area contributed by atoms with E-state index >= 15 is 0 Å². The van der Waals surface area contributed by atoms with E-state index in [0.717, 1.165) is 45.1 Å². The van der Waals surface area contributed by atoms with Crippen molar-refractivity contribution in [2.24, 2.45) is 0 Å². The Balaban J connectivity index is 2.02. The summed E-state index contributed by atoms with van der Waals surface area (Å²) < 4.78 is 5.45. The number of rotatable bonds is 6. The van der Waals surface area contributed by atoms with Crippen LogP contribution < -0.4 is 0 Å². The van der Waals surface area contributed by atoms with Gasteiger partial charge in [-0.1, -0.05) is 6.08 Å². The summed E-state index contributed by atoms with van der Waals surface area (Å²) in [5.74, 6) is 0. The number of hydrogen-bond acceptors (Lipinski definition) is 2. The predicted octanol–water partition coefficient (Wildman–Crippen LogP) is 2.27. The van der Waals surface area contributed by atoms with Gasteiger partial charge in [0.25, 0.3) is 0 Å². The van der Waals surface area contributed by atoms with Gasteiger partial charge in [0, 0.05) is 6.61 Å². The van der Waals surface area contributed by atoms with Crippen molar-refractivity contribution in [2.75, 3.05) is 6.61 Å². The predicted molar refractivity (Wildman–Crippen MR) is 53.6 cm³/mol. The van der Waals surface area contributed by atoms with Gasteiger partial charge in [-0.3, -0.25) is 0 Å². The summed E-state index contributed by atoms with van der Waals surface area (Å²) in [6, 6.07) is 0. The first-order chi connectivity index (χ1) is 6.33. The third-order valence-corrected chi connectivity index (χ3v) is 2.50. The molecule has 0 aromatic heterocycles. The van der Waals surface area contributed by atoms with Gasteiger partial charge in [0.1, 0.15) is 0 Å². The normalized spacial score (nSPS) is 24.5. The van der Waals surface area contributed by atoms with Crippen LogP contribution in [0.15, 0.2) is 12.7 Å². The molecule has 1 saturated heterocycles. The van der Waals surface area contributed by atoms with Gasteiger partial charge >= 0.3 is 0 Å². The van der Waals surface area contributed by atoms with Crippen LogP contribution in [0.2, 0.25) is 0 Å². The summed E-state index contributed by atoms with van der Waals surface area (Å²) in [4.78, 5) is 0. The number of aliphatic hydroxyl groups excluding tert-OH is 1. The highest BCUT2D eigenvalue weighted by Gasteiger charge is 2.18. The first-order valence-corrected chi connectivity index (χ1v) is 5.23. The Morgan fingerprint density at radius 2 is 2.46 bits per heavy atom. The smallest absolute Gasteiger partial charge is 0.0600 e. The number of hydrogen-bond donors (Lipinski definition) is 1. The van der Waals surface area contributed by atoms with Crippen LogP contribution in [0.5, 0.6) is 0 Å². The first-order valence-electron chi connectivity index (χ1n) is 5.23. The molecule has 13 heavy (non-hydrogen) atoms. The second-order valence-electron chi connectivity index (χ2n) is 3.74. The summed E-state index contributed by atoms with van der Waals surface area (Å²) in [5, 5.41) is 9.62. The molecule has 2 atom stereocenters. The Bertz CT molecular complexity index is 139. The Morgan fingerprint density at radius 1 is 1.62 bits per heavy atom. The Kier molecular flexibility index (Phi) is 5.09. The van der Waals surface area contributed by atoms with Gasteiger partial charge in [-0.15, -0.1) is 6.58 Å². The molecule has 0 aliphatic carbocycles. The van der Waals surface area contributed by atoms with Gasteiger partial charge in [0.15, 0.2) is 0 Å². The van der Waals surface area contributed by atoms with Crippen molar-refractivity contribution in [3.05, 3.63) is 12.7 Å². The maximum Gasteiger partial charge on any atom is 0.0600 e. The lowest BCUT2D eigenvalue weighted by Gasteiger charge is -2.14. The Labute approximate surface area is 80.6 Å².